The molecule has 0 aromatic heterocycles. The van der Waals surface area contributed by atoms with Crippen molar-refractivity contribution in [2.75, 3.05) is 19.6 Å². The minimum atomic E-state index is -2.73. The number of halogens is 2. The van der Waals surface area contributed by atoms with Crippen LogP contribution in [0.2, 0.25) is 0 Å². The Morgan fingerprint density at radius 1 is 1.39 bits per heavy atom. The van der Waals surface area contributed by atoms with E-state index >= 15 is 0 Å². The van der Waals surface area contributed by atoms with E-state index in [0.29, 0.717) is 18.5 Å². The molecule has 0 aromatic carbocycles. The number of carbonyl (C=O) groups excluding carboxylic acids is 1. The Hall–Kier alpha value is -0.710. The zero-order valence-corrected chi connectivity index (χ0v) is 11.1. The molecule has 0 saturated carbocycles. The number of amides is 1. The lowest BCUT2D eigenvalue weighted by molar-refractivity contribution is -0.136. The van der Waals surface area contributed by atoms with Crippen LogP contribution in [0.4, 0.5) is 8.78 Å². The van der Waals surface area contributed by atoms with Crippen LogP contribution >= 0.6 is 0 Å². The maximum atomic E-state index is 13.1. The van der Waals surface area contributed by atoms with Gasteiger partial charge in [0.2, 0.25) is 5.91 Å². The Morgan fingerprint density at radius 3 is 2.44 bits per heavy atom. The maximum Gasteiger partial charge on any atom is 0.262 e. The van der Waals surface area contributed by atoms with E-state index < -0.39 is 12.0 Å². The average molecular weight is 260 g/mol. The van der Waals surface area contributed by atoms with Crippen LogP contribution in [0.3, 0.4) is 0 Å². The van der Waals surface area contributed by atoms with Crippen LogP contribution in [0.1, 0.15) is 39.5 Å². The van der Waals surface area contributed by atoms with Crippen molar-refractivity contribution in [2.24, 2.45) is 5.41 Å². The Morgan fingerprint density at radius 2 is 2.00 bits per heavy atom. The van der Waals surface area contributed by atoms with E-state index in [-0.39, 0.29) is 18.9 Å². The molecule has 0 spiro atoms. The molecular weight excluding hydrogens is 238 g/mol. The van der Waals surface area contributed by atoms with Gasteiger partial charge in [-0.2, -0.15) is 0 Å². The van der Waals surface area contributed by atoms with E-state index in [4.69, 9.17) is 0 Å². The number of nitrogens with zero attached hydrogens (tertiary/aromatic N) is 1. The third kappa shape index (κ3) is 2.82. The van der Waals surface area contributed by atoms with Gasteiger partial charge in [-0.15, -0.1) is 0 Å². The molecule has 3 nitrogen and oxygen atoms in total. The summed E-state index contributed by atoms with van der Waals surface area (Å²) in [6.45, 7) is 5.43. The average Bonchev–Trinajstić information content (AvgIpc) is 2.70. The highest BCUT2D eigenvalue weighted by Crippen LogP contribution is 2.34. The van der Waals surface area contributed by atoms with E-state index in [0.717, 1.165) is 19.3 Å². The fourth-order valence-corrected chi connectivity index (χ4v) is 2.73. The van der Waals surface area contributed by atoms with Crippen molar-refractivity contribution in [3.8, 4) is 0 Å². The molecule has 5 heteroatoms. The first kappa shape index (κ1) is 13.7. The number of likely N-dealkylation sites (tertiary alicyclic amines) is 1. The minimum absolute atomic E-state index is 0.148. The third-order valence-electron chi connectivity index (χ3n) is 4.54. The maximum absolute atomic E-state index is 13.1. The topological polar surface area (TPSA) is 32.3 Å². The summed E-state index contributed by atoms with van der Waals surface area (Å²) >= 11 is 0. The summed E-state index contributed by atoms with van der Waals surface area (Å²) < 4.78 is 26.1. The number of hydrogen-bond acceptors (Lipinski definition) is 2. The van der Waals surface area contributed by atoms with Crippen molar-refractivity contribution >= 4 is 5.91 Å². The predicted octanol–water partition coefficient (Wildman–Crippen LogP) is 2.02. The summed E-state index contributed by atoms with van der Waals surface area (Å²) in [4.78, 5) is 13.9. The molecule has 2 aliphatic heterocycles. The first-order valence-electron chi connectivity index (χ1n) is 6.75. The van der Waals surface area contributed by atoms with Crippen molar-refractivity contribution in [1.82, 2.24) is 10.2 Å². The molecule has 2 heterocycles. The molecule has 0 bridgehead atoms. The molecule has 0 aliphatic carbocycles. The predicted molar refractivity (Wildman–Crippen MR) is 65.6 cm³/mol. The van der Waals surface area contributed by atoms with Crippen molar-refractivity contribution in [1.29, 1.82) is 0 Å². The molecular formula is C13H22F2N2O. The van der Waals surface area contributed by atoms with Crippen molar-refractivity contribution in [3.63, 3.8) is 0 Å². The third-order valence-corrected chi connectivity index (χ3v) is 4.54. The van der Waals surface area contributed by atoms with E-state index in [1.54, 1.807) is 4.90 Å². The number of piperidine rings is 1. The zero-order valence-electron chi connectivity index (χ0n) is 11.1. The lowest BCUT2D eigenvalue weighted by Crippen LogP contribution is -2.48. The van der Waals surface area contributed by atoms with Crippen LogP contribution in [0, 0.1) is 5.41 Å². The van der Waals surface area contributed by atoms with Gasteiger partial charge in [0, 0.05) is 19.5 Å². The number of nitrogens with one attached hydrogen (secondary N) is 1. The second-order valence-electron chi connectivity index (χ2n) is 5.98. The normalized spacial score (nSPS) is 30.4. The van der Waals surface area contributed by atoms with Crippen molar-refractivity contribution in [2.45, 2.75) is 51.5 Å². The highest BCUT2D eigenvalue weighted by Gasteiger charge is 2.44. The standard InChI is InChI=1S/C13H22F2N2O/c1-3-12(2)4-6-17(7-5-12)11(18)10-8-13(14,15)9-16-10/h10,16H,3-9H2,1-2H3. The van der Waals surface area contributed by atoms with Crippen LogP contribution in [0.15, 0.2) is 0 Å². The smallest absolute Gasteiger partial charge is 0.262 e. The summed E-state index contributed by atoms with van der Waals surface area (Å²) in [5.74, 6) is -2.88. The Bertz CT molecular complexity index is 325. The molecule has 2 fully saturated rings. The van der Waals surface area contributed by atoms with Gasteiger partial charge in [-0.1, -0.05) is 20.3 Å². The highest BCUT2D eigenvalue weighted by atomic mass is 19.3. The van der Waals surface area contributed by atoms with Gasteiger partial charge < -0.3 is 4.90 Å². The lowest BCUT2D eigenvalue weighted by Gasteiger charge is -2.39. The first-order valence-corrected chi connectivity index (χ1v) is 6.75. The summed E-state index contributed by atoms with van der Waals surface area (Å²) in [7, 11) is 0. The van der Waals surface area contributed by atoms with Gasteiger partial charge >= 0.3 is 0 Å². The number of carbonyl (C=O) groups is 1. The van der Waals surface area contributed by atoms with Crippen LogP contribution < -0.4 is 5.32 Å². The quantitative estimate of drug-likeness (QED) is 0.824. The molecule has 2 aliphatic rings. The second-order valence-corrected chi connectivity index (χ2v) is 5.98. The molecule has 18 heavy (non-hydrogen) atoms. The van der Waals surface area contributed by atoms with Gasteiger partial charge in [0.1, 0.15) is 0 Å². The van der Waals surface area contributed by atoms with Gasteiger partial charge in [0.15, 0.2) is 0 Å². The Balaban J connectivity index is 1.89. The van der Waals surface area contributed by atoms with Gasteiger partial charge in [-0.3, -0.25) is 10.1 Å². The van der Waals surface area contributed by atoms with Crippen LogP contribution in [-0.4, -0.2) is 42.4 Å². The molecule has 0 radical (unpaired) electrons. The van der Waals surface area contributed by atoms with Gasteiger partial charge in [0.25, 0.3) is 5.92 Å². The van der Waals surface area contributed by atoms with Crippen LogP contribution in [0.5, 0.6) is 0 Å². The monoisotopic (exact) mass is 260 g/mol. The van der Waals surface area contributed by atoms with Crippen molar-refractivity contribution < 1.29 is 13.6 Å². The van der Waals surface area contributed by atoms with Crippen LogP contribution in [-0.2, 0) is 4.79 Å². The molecule has 104 valence electrons. The number of rotatable bonds is 2. The summed E-state index contributed by atoms with van der Waals surface area (Å²) in [6.07, 6.45) is 2.69. The highest BCUT2D eigenvalue weighted by molar-refractivity contribution is 5.82. The fourth-order valence-electron chi connectivity index (χ4n) is 2.73. The molecule has 1 amide bonds. The van der Waals surface area contributed by atoms with E-state index in [2.05, 4.69) is 19.2 Å². The minimum Gasteiger partial charge on any atom is -0.341 e. The van der Waals surface area contributed by atoms with Crippen molar-refractivity contribution in [3.05, 3.63) is 0 Å². The second kappa shape index (κ2) is 4.76. The van der Waals surface area contributed by atoms with Gasteiger partial charge in [0.05, 0.1) is 12.6 Å². The molecule has 1 atom stereocenters. The Labute approximate surface area is 107 Å². The van der Waals surface area contributed by atoms with Gasteiger partial charge in [-0.25, -0.2) is 8.78 Å². The summed E-state index contributed by atoms with van der Waals surface area (Å²) in [5, 5.41) is 2.64. The SMILES string of the molecule is CCC1(C)CCN(C(=O)C2CC(F)(F)CN2)CC1. The fraction of sp³-hybridized carbons (Fsp3) is 0.923. The Kier molecular flexibility index (Phi) is 3.63. The molecule has 0 aromatic rings. The van der Waals surface area contributed by atoms with E-state index in [9.17, 15) is 13.6 Å². The molecule has 1 unspecified atom stereocenters. The first-order chi connectivity index (χ1) is 8.35. The summed E-state index contributed by atoms with van der Waals surface area (Å²) in [5.41, 5.74) is 0.309. The zero-order chi connectivity index (χ0) is 13.4. The van der Waals surface area contributed by atoms with E-state index in [1.807, 2.05) is 0 Å². The number of hydrogen-bond donors (Lipinski definition) is 1. The molecule has 2 rings (SSSR count). The number of alkyl halides is 2. The largest absolute Gasteiger partial charge is 0.341 e. The lowest BCUT2D eigenvalue weighted by atomic mass is 9.78. The molecule has 1 N–H and O–H groups in total. The van der Waals surface area contributed by atoms with E-state index in [1.165, 1.54) is 0 Å². The van der Waals surface area contributed by atoms with Crippen LogP contribution in [0.25, 0.3) is 0 Å². The van der Waals surface area contributed by atoms with Gasteiger partial charge in [-0.05, 0) is 18.3 Å². The molecule has 2 saturated heterocycles. The summed E-state index contributed by atoms with van der Waals surface area (Å²) in [6, 6.07) is -0.689.